The second-order valence-electron chi connectivity index (χ2n) is 5.62. The van der Waals surface area contributed by atoms with Crippen LogP contribution in [0.2, 0.25) is 0 Å². The first-order chi connectivity index (χ1) is 7.81. The van der Waals surface area contributed by atoms with Gasteiger partial charge in [0.05, 0.1) is 0 Å². The number of piperazine rings is 1. The van der Waals surface area contributed by atoms with Crippen molar-refractivity contribution in [2.45, 2.75) is 64.5 Å². The van der Waals surface area contributed by atoms with Gasteiger partial charge < -0.3 is 0 Å². The predicted octanol–water partition coefficient (Wildman–Crippen LogP) is 2.74. The van der Waals surface area contributed by atoms with Crippen molar-refractivity contribution in [1.82, 2.24) is 9.80 Å². The lowest BCUT2D eigenvalue weighted by molar-refractivity contribution is 0.0596. The Morgan fingerprint density at radius 2 is 1.62 bits per heavy atom. The molecule has 2 nitrogen and oxygen atoms in total. The molecule has 0 aromatic carbocycles. The van der Waals surface area contributed by atoms with Gasteiger partial charge in [-0.1, -0.05) is 26.2 Å². The zero-order valence-electron chi connectivity index (χ0n) is 11.1. The number of nitrogens with zero attached hydrogens (tertiary/aromatic N) is 2. The van der Waals surface area contributed by atoms with E-state index in [-0.39, 0.29) is 0 Å². The van der Waals surface area contributed by atoms with Gasteiger partial charge in [0.2, 0.25) is 0 Å². The van der Waals surface area contributed by atoms with Crippen LogP contribution in [-0.2, 0) is 0 Å². The van der Waals surface area contributed by atoms with Crippen LogP contribution in [0.1, 0.15) is 52.4 Å². The van der Waals surface area contributed by atoms with Crippen LogP contribution in [0.5, 0.6) is 0 Å². The van der Waals surface area contributed by atoms with Crippen LogP contribution in [0.15, 0.2) is 0 Å². The maximum atomic E-state index is 2.76. The molecule has 94 valence electrons. The van der Waals surface area contributed by atoms with E-state index in [1.54, 1.807) is 0 Å². The summed E-state index contributed by atoms with van der Waals surface area (Å²) < 4.78 is 0. The third-order valence-corrected chi connectivity index (χ3v) is 4.65. The fourth-order valence-corrected chi connectivity index (χ4v) is 3.25. The molecule has 1 atom stereocenters. The second-order valence-corrected chi connectivity index (χ2v) is 5.62. The highest BCUT2D eigenvalue weighted by Crippen LogP contribution is 2.23. The van der Waals surface area contributed by atoms with Gasteiger partial charge in [-0.05, 0) is 26.2 Å². The first-order valence-corrected chi connectivity index (χ1v) is 7.29. The van der Waals surface area contributed by atoms with Crippen molar-refractivity contribution in [3.8, 4) is 0 Å². The third kappa shape index (κ3) is 2.98. The van der Waals surface area contributed by atoms with Gasteiger partial charge in [0.15, 0.2) is 0 Å². The zero-order valence-corrected chi connectivity index (χ0v) is 11.1. The van der Waals surface area contributed by atoms with Crippen LogP contribution >= 0.6 is 0 Å². The Balaban J connectivity index is 1.75. The summed E-state index contributed by atoms with van der Waals surface area (Å²) in [6.45, 7) is 9.90. The van der Waals surface area contributed by atoms with E-state index in [2.05, 4.69) is 23.6 Å². The Hall–Kier alpha value is -0.0800. The van der Waals surface area contributed by atoms with Gasteiger partial charge in [-0.25, -0.2) is 0 Å². The zero-order chi connectivity index (χ0) is 11.4. The summed E-state index contributed by atoms with van der Waals surface area (Å²) in [6, 6.07) is 1.71. The SMILES string of the molecule is CC[C@H](C)N1CCN(C2CCCCC2)CC1. The predicted molar refractivity (Wildman–Crippen MR) is 69.8 cm³/mol. The summed E-state index contributed by atoms with van der Waals surface area (Å²) in [5, 5.41) is 0. The second kappa shape index (κ2) is 6.02. The first kappa shape index (κ1) is 12.4. The van der Waals surface area contributed by atoms with Crippen LogP contribution in [-0.4, -0.2) is 48.1 Å². The van der Waals surface area contributed by atoms with E-state index in [0.717, 1.165) is 12.1 Å². The van der Waals surface area contributed by atoms with Gasteiger partial charge >= 0.3 is 0 Å². The van der Waals surface area contributed by atoms with Crippen LogP contribution in [0.3, 0.4) is 0 Å². The minimum absolute atomic E-state index is 0.786. The molecule has 1 saturated heterocycles. The van der Waals surface area contributed by atoms with E-state index < -0.39 is 0 Å². The molecule has 2 fully saturated rings. The van der Waals surface area contributed by atoms with Crippen molar-refractivity contribution in [3.05, 3.63) is 0 Å². The lowest BCUT2D eigenvalue weighted by Gasteiger charge is -2.42. The molecule has 0 bridgehead atoms. The Kier molecular flexibility index (Phi) is 4.66. The Morgan fingerprint density at radius 1 is 1.00 bits per heavy atom. The lowest BCUT2D eigenvalue weighted by atomic mass is 9.93. The van der Waals surface area contributed by atoms with Crippen molar-refractivity contribution in [1.29, 1.82) is 0 Å². The monoisotopic (exact) mass is 224 g/mol. The van der Waals surface area contributed by atoms with Gasteiger partial charge in [0.1, 0.15) is 0 Å². The molecule has 0 radical (unpaired) electrons. The summed E-state index contributed by atoms with van der Waals surface area (Å²) in [5.41, 5.74) is 0. The van der Waals surface area contributed by atoms with E-state index in [4.69, 9.17) is 0 Å². The molecule has 1 aliphatic carbocycles. The van der Waals surface area contributed by atoms with Crippen LogP contribution < -0.4 is 0 Å². The Morgan fingerprint density at radius 3 is 2.19 bits per heavy atom. The minimum Gasteiger partial charge on any atom is -0.298 e. The molecule has 0 aromatic rings. The molecule has 0 amide bonds. The molecule has 0 N–H and O–H groups in total. The van der Waals surface area contributed by atoms with Crippen molar-refractivity contribution < 1.29 is 0 Å². The molecule has 1 saturated carbocycles. The standard InChI is InChI=1S/C14H28N2/c1-3-13(2)15-9-11-16(12-10-15)14-7-5-4-6-8-14/h13-14H,3-12H2,1-2H3/t13-/m0/s1. The fourth-order valence-electron chi connectivity index (χ4n) is 3.25. The highest BCUT2D eigenvalue weighted by Gasteiger charge is 2.26. The summed E-state index contributed by atoms with van der Waals surface area (Å²) >= 11 is 0. The molecule has 0 unspecified atom stereocenters. The molecular weight excluding hydrogens is 196 g/mol. The van der Waals surface area contributed by atoms with Gasteiger partial charge in [-0.2, -0.15) is 0 Å². The number of hydrogen-bond donors (Lipinski definition) is 0. The van der Waals surface area contributed by atoms with Crippen molar-refractivity contribution in [2.24, 2.45) is 0 Å². The quantitative estimate of drug-likeness (QED) is 0.727. The first-order valence-electron chi connectivity index (χ1n) is 7.29. The average Bonchev–Trinajstić information content (AvgIpc) is 2.39. The molecular formula is C14H28N2. The normalized spacial score (nSPS) is 28.1. The smallest absolute Gasteiger partial charge is 0.0113 e. The van der Waals surface area contributed by atoms with Gasteiger partial charge in [-0.15, -0.1) is 0 Å². The van der Waals surface area contributed by atoms with Crippen LogP contribution in [0.4, 0.5) is 0 Å². The molecule has 1 aliphatic heterocycles. The molecule has 1 heterocycles. The number of hydrogen-bond acceptors (Lipinski definition) is 2. The van der Waals surface area contributed by atoms with Crippen molar-refractivity contribution in [3.63, 3.8) is 0 Å². The highest BCUT2D eigenvalue weighted by molar-refractivity contribution is 4.82. The van der Waals surface area contributed by atoms with Gasteiger partial charge in [0.25, 0.3) is 0 Å². The highest BCUT2D eigenvalue weighted by atomic mass is 15.3. The molecule has 0 spiro atoms. The lowest BCUT2D eigenvalue weighted by Crippen LogP contribution is -2.52. The maximum Gasteiger partial charge on any atom is 0.0113 e. The summed E-state index contributed by atoms with van der Waals surface area (Å²) in [5.74, 6) is 0. The van der Waals surface area contributed by atoms with Crippen LogP contribution in [0, 0.1) is 0 Å². The molecule has 16 heavy (non-hydrogen) atoms. The molecule has 2 heteroatoms. The van der Waals surface area contributed by atoms with Crippen molar-refractivity contribution in [2.75, 3.05) is 26.2 Å². The van der Waals surface area contributed by atoms with E-state index >= 15 is 0 Å². The fraction of sp³-hybridized carbons (Fsp3) is 1.00. The topological polar surface area (TPSA) is 6.48 Å². The van der Waals surface area contributed by atoms with Crippen LogP contribution in [0.25, 0.3) is 0 Å². The van der Waals surface area contributed by atoms with Crippen molar-refractivity contribution >= 4 is 0 Å². The van der Waals surface area contributed by atoms with E-state index in [0.29, 0.717) is 0 Å². The van der Waals surface area contributed by atoms with E-state index in [9.17, 15) is 0 Å². The van der Waals surface area contributed by atoms with Gasteiger partial charge in [0, 0.05) is 38.3 Å². The Bertz CT molecular complexity index is 191. The third-order valence-electron chi connectivity index (χ3n) is 4.65. The summed E-state index contributed by atoms with van der Waals surface area (Å²) in [4.78, 5) is 5.43. The summed E-state index contributed by atoms with van der Waals surface area (Å²) in [6.07, 6.45) is 8.63. The minimum atomic E-state index is 0.786. The molecule has 2 rings (SSSR count). The number of rotatable bonds is 3. The summed E-state index contributed by atoms with van der Waals surface area (Å²) in [7, 11) is 0. The van der Waals surface area contributed by atoms with Gasteiger partial charge in [-0.3, -0.25) is 9.80 Å². The maximum absolute atomic E-state index is 2.76. The van der Waals surface area contributed by atoms with E-state index in [1.165, 1.54) is 64.7 Å². The Labute approximate surface area is 101 Å². The molecule has 0 aromatic heterocycles. The van der Waals surface area contributed by atoms with E-state index in [1.807, 2.05) is 0 Å². The average molecular weight is 224 g/mol. The largest absolute Gasteiger partial charge is 0.298 e. The molecule has 2 aliphatic rings.